The van der Waals surface area contributed by atoms with Crippen molar-refractivity contribution in [1.29, 1.82) is 0 Å². The molecule has 1 aromatic carbocycles. The smallest absolute Gasteiger partial charge is 0.311 e. The second-order valence-electron chi connectivity index (χ2n) is 7.11. The van der Waals surface area contributed by atoms with Crippen LogP contribution in [0.5, 0.6) is 0 Å². The molecule has 2 aromatic rings. The van der Waals surface area contributed by atoms with E-state index in [1.165, 1.54) is 13.2 Å². The molecule has 27 heavy (non-hydrogen) atoms. The van der Waals surface area contributed by atoms with E-state index in [-0.39, 0.29) is 17.9 Å². The number of fused-ring (bicyclic) bond motifs is 1. The number of aryl methyl sites for hydroxylation is 2. The Labute approximate surface area is 158 Å². The van der Waals surface area contributed by atoms with Crippen LogP contribution in [0.15, 0.2) is 22.8 Å². The van der Waals surface area contributed by atoms with Crippen molar-refractivity contribution in [2.45, 2.75) is 45.8 Å². The van der Waals surface area contributed by atoms with Gasteiger partial charge in [0.2, 0.25) is 0 Å². The van der Waals surface area contributed by atoms with E-state index in [1.807, 2.05) is 26.0 Å². The van der Waals surface area contributed by atoms with Gasteiger partial charge in [-0.3, -0.25) is 9.59 Å². The van der Waals surface area contributed by atoms with Crippen LogP contribution in [0.1, 0.15) is 30.0 Å². The first-order valence-electron chi connectivity index (χ1n) is 8.82. The summed E-state index contributed by atoms with van der Waals surface area (Å²) in [6.07, 6.45) is 0.904. The number of esters is 1. The molecule has 2 heterocycles. The monoisotopic (exact) mass is 393 g/mol. The van der Waals surface area contributed by atoms with Crippen molar-refractivity contribution < 1.29 is 27.2 Å². The second-order valence-corrected chi connectivity index (χ2v) is 9.34. The molecule has 1 aliphatic rings. The van der Waals surface area contributed by atoms with Gasteiger partial charge in [-0.25, -0.2) is 8.42 Å². The molecular formula is C19H23NO6S. The first kappa shape index (κ1) is 19.4. The lowest BCUT2D eigenvalue weighted by Gasteiger charge is -2.16. The third-order valence-electron chi connectivity index (χ3n) is 4.86. The van der Waals surface area contributed by atoms with Gasteiger partial charge in [-0.2, -0.15) is 0 Å². The zero-order chi connectivity index (χ0) is 19.8. The maximum Gasteiger partial charge on any atom is 0.311 e. The molecular weight excluding hydrogens is 370 g/mol. The lowest BCUT2D eigenvalue weighted by Crippen LogP contribution is -2.42. The third kappa shape index (κ3) is 4.50. The predicted molar refractivity (Wildman–Crippen MR) is 100 cm³/mol. The number of nitrogens with one attached hydrogen (secondary N) is 1. The van der Waals surface area contributed by atoms with Crippen LogP contribution < -0.4 is 5.32 Å². The van der Waals surface area contributed by atoms with E-state index in [1.54, 1.807) is 0 Å². The molecule has 0 spiro atoms. The first-order valence-corrected chi connectivity index (χ1v) is 10.6. The standard InChI is InChI=1S/C19H23NO6S/c1-11-6-16-14(9-25-17(16)7-12(11)2)8-18(21)26-13(3)19(22)20-15-4-5-27(23,24)10-15/h6-7,9,13,15H,4-5,8,10H2,1-3H3,(H,20,22)/t13-,15-/m0/s1. The van der Waals surface area contributed by atoms with Crippen molar-refractivity contribution >= 4 is 32.7 Å². The molecule has 8 heteroatoms. The first-order chi connectivity index (χ1) is 12.6. The second kappa shape index (κ2) is 7.34. The number of sulfone groups is 1. The van der Waals surface area contributed by atoms with E-state index < -0.39 is 33.9 Å². The van der Waals surface area contributed by atoms with E-state index in [0.29, 0.717) is 17.6 Å². The minimum absolute atomic E-state index is 0.00900. The molecule has 7 nitrogen and oxygen atoms in total. The van der Waals surface area contributed by atoms with Gasteiger partial charge >= 0.3 is 5.97 Å². The van der Waals surface area contributed by atoms with E-state index >= 15 is 0 Å². The highest BCUT2D eigenvalue weighted by Gasteiger charge is 2.30. The SMILES string of the molecule is Cc1cc2occ(CC(=O)O[C@@H](C)C(=O)N[C@H]3CCS(=O)(=O)C3)c2cc1C. The van der Waals surface area contributed by atoms with Crippen molar-refractivity contribution in [2.75, 3.05) is 11.5 Å². The fourth-order valence-electron chi connectivity index (χ4n) is 3.15. The molecule has 0 bridgehead atoms. The largest absolute Gasteiger partial charge is 0.464 e. The van der Waals surface area contributed by atoms with Crippen molar-refractivity contribution in [1.82, 2.24) is 5.32 Å². The van der Waals surface area contributed by atoms with Crippen molar-refractivity contribution in [2.24, 2.45) is 0 Å². The molecule has 146 valence electrons. The third-order valence-corrected chi connectivity index (χ3v) is 6.63. The van der Waals surface area contributed by atoms with E-state index in [2.05, 4.69) is 5.32 Å². The highest BCUT2D eigenvalue weighted by atomic mass is 32.2. The lowest BCUT2D eigenvalue weighted by molar-refractivity contribution is -0.154. The van der Waals surface area contributed by atoms with Crippen LogP contribution in [0.4, 0.5) is 0 Å². The summed E-state index contributed by atoms with van der Waals surface area (Å²) >= 11 is 0. The van der Waals surface area contributed by atoms with Crippen LogP contribution in [0.2, 0.25) is 0 Å². The zero-order valence-electron chi connectivity index (χ0n) is 15.6. The van der Waals surface area contributed by atoms with Crippen LogP contribution in [-0.2, 0) is 30.6 Å². The molecule has 1 N–H and O–H groups in total. The van der Waals surface area contributed by atoms with Crippen LogP contribution in [0, 0.1) is 13.8 Å². The Kier molecular flexibility index (Phi) is 5.28. The van der Waals surface area contributed by atoms with E-state index in [9.17, 15) is 18.0 Å². The number of rotatable bonds is 5. The Hall–Kier alpha value is -2.35. The summed E-state index contributed by atoms with van der Waals surface area (Å²) in [6, 6.07) is 3.46. The molecule has 0 radical (unpaired) electrons. The lowest BCUT2D eigenvalue weighted by atomic mass is 10.0. The molecule has 1 amide bonds. The molecule has 1 aliphatic heterocycles. The zero-order valence-corrected chi connectivity index (χ0v) is 16.4. The summed E-state index contributed by atoms with van der Waals surface area (Å²) in [5.41, 5.74) is 3.60. The van der Waals surface area contributed by atoms with Crippen LogP contribution in [0.25, 0.3) is 11.0 Å². The summed E-state index contributed by atoms with van der Waals surface area (Å²) in [6.45, 7) is 5.44. The van der Waals surface area contributed by atoms with E-state index in [4.69, 9.17) is 9.15 Å². The predicted octanol–water partition coefficient (Wildman–Crippen LogP) is 1.83. The summed E-state index contributed by atoms with van der Waals surface area (Å²) in [7, 11) is -3.08. The number of hydrogen-bond acceptors (Lipinski definition) is 6. The molecule has 1 saturated heterocycles. The Morgan fingerprint density at radius 2 is 2.00 bits per heavy atom. The fourth-order valence-corrected chi connectivity index (χ4v) is 4.82. The molecule has 0 aliphatic carbocycles. The topological polar surface area (TPSA) is 103 Å². The van der Waals surface area contributed by atoms with Crippen molar-refractivity contribution in [3.05, 3.63) is 35.1 Å². The maximum absolute atomic E-state index is 12.2. The van der Waals surface area contributed by atoms with Gasteiger partial charge in [-0.1, -0.05) is 0 Å². The van der Waals surface area contributed by atoms with Gasteiger partial charge in [0.1, 0.15) is 5.58 Å². The van der Waals surface area contributed by atoms with Gasteiger partial charge in [0.05, 0.1) is 24.2 Å². The Balaban J connectivity index is 1.59. The number of carbonyl (C=O) groups is 2. The highest BCUT2D eigenvalue weighted by molar-refractivity contribution is 7.91. The Bertz CT molecular complexity index is 991. The Morgan fingerprint density at radius 3 is 2.67 bits per heavy atom. The molecule has 0 saturated carbocycles. The quantitative estimate of drug-likeness (QED) is 0.778. The van der Waals surface area contributed by atoms with Gasteiger partial charge in [0, 0.05) is 17.0 Å². The van der Waals surface area contributed by atoms with Crippen molar-refractivity contribution in [3.8, 4) is 0 Å². The maximum atomic E-state index is 12.2. The number of benzene rings is 1. The normalized spacial score (nSPS) is 19.7. The van der Waals surface area contributed by atoms with Gasteiger partial charge in [-0.05, 0) is 50.5 Å². The summed E-state index contributed by atoms with van der Waals surface area (Å²) in [4.78, 5) is 24.4. The van der Waals surface area contributed by atoms with Gasteiger partial charge in [-0.15, -0.1) is 0 Å². The summed E-state index contributed by atoms with van der Waals surface area (Å²) in [5.74, 6) is -1.04. The molecule has 1 fully saturated rings. The molecule has 0 unspecified atom stereocenters. The minimum Gasteiger partial charge on any atom is -0.464 e. The van der Waals surface area contributed by atoms with Crippen LogP contribution in [0.3, 0.4) is 0 Å². The number of hydrogen-bond donors (Lipinski definition) is 1. The van der Waals surface area contributed by atoms with Gasteiger partial charge in [0.15, 0.2) is 15.9 Å². The average Bonchev–Trinajstić information content (AvgIpc) is 3.11. The highest BCUT2D eigenvalue weighted by Crippen LogP contribution is 2.25. The number of ether oxygens (including phenoxy) is 1. The number of amides is 1. The molecule has 1 aromatic heterocycles. The number of furan rings is 1. The van der Waals surface area contributed by atoms with Crippen molar-refractivity contribution in [3.63, 3.8) is 0 Å². The van der Waals surface area contributed by atoms with Gasteiger partial charge in [0.25, 0.3) is 5.91 Å². The average molecular weight is 393 g/mol. The van der Waals surface area contributed by atoms with Crippen LogP contribution >= 0.6 is 0 Å². The number of carbonyl (C=O) groups excluding carboxylic acids is 2. The molecule has 3 rings (SSSR count). The van der Waals surface area contributed by atoms with Crippen LogP contribution in [-0.4, -0.2) is 43.9 Å². The summed E-state index contributed by atoms with van der Waals surface area (Å²) < 4.78 is 33.6. The van der Waals surface area contributed by atoms with Gasteiger partial charge < -0.3 is 14.5 Å². The molecule has 2 atom stereocenters. The fraction of sp³-hybridized carbons (Fsp3) is 0.474. The Morgan fingerprint density at radius 1 is 1.30 bits per heavy atom. The summed E-state index contributed by atoms with van der Waals surface area (Å²) in [5, 5.41) is 3.48. The minimum atomic E-state index is -3.08. The van der Waals surface area contributed by atoms with E-state index in [0.717, 1.165) is 16.5 Å².